The predicted octanol–water partition coefficient (Wildman–Crippen LogP) is 5.98. The molecule has 3 aromatic rings. The summed E-state index contributed by atoms with van der Waals surface area (Å²) in [7, 11) is 0. The fourth-order valence-corrected chi connectivity index (χ4v) is 2.70. The number of urea groups is 1. The van der Waals surface area contributed by atoms with Crippen molar-refractivity contribution in [2.24, 2.45) is 0 Å². The van der Waals surface area contributed by atoms with E-state index in [1.54, 1.807) is 30.3 Å². The van der Waals surface area contributed by atoms with Gasteiger partial charge in [0.25, 0.3) is 5.69 Å². The van der Waals surface area contributed by atoms with E-state index in [2.05, 4.69) is 5.32 Å². The Balaban J connectivity index is 2.02. The van der Waals surface area contributed by atoms with Gasteiger partial charge in [0, 0.05) is 11.8 Å². The van der Waals surface area contributed by atoms with E-state index in [1.165, 1.54) is 30.3 Å². The van der Waals surface area contributed by atoms with Gasteiger partial charge in [-0.2, -0.15) is 13.2 Å². The van der Waals surface area contributed by atoms with E-state index in [0.29, 0.717) is 5.69 Å². The lowest BCUT2D eigenvalue weighted by molar-refractivity contribution is -0.384. The highest BCUT2D eigenvalue weighted by Gasteiger charge is 2.31. The summed E-state index contributed by atoms with van der Waals surface area (Å²) in [6.07, 6.45) is -4.57. The number of hydrogen-bond donors (Lipinski definition) is 1. The minimum absolute atomic E-state index is 0.0202. The van der Waals surface area contributed by atoms with Crippen LogP contribution >= 0.6 is 0 Å². The van der Waals surface area contributed by atoms with Crippen molar-refractivity contribution < 1.29 is 22.9 Å². The summed E-state index contributed by atoms with van der Waals surface area (Å²) < 4.78 is 38.8. The number of nitrogens with one attached hydrogen (secondary N) is 1. The summed E-state index contributed by atoms with van der Waals surface area (Å²) in [6.45, 7) is 0. The number of hydrogen-bond acceptors (Lipinski definition) is 3. The highest BCUT2D eigenvalue weighted by molar-refractivity contribution is 6.08. The lowest BCUT2D eigenvalue weighted by Crippen LogP contribution is -2.31. The summed E-state index contributed by atoms with van der Waals surface area (Å²) in [5.74, 6) is 0. The second-order valence-corrected chi connectivity index (χ2v) is 5.93. The van der Waals surface area contributed by atoms with E-state index in [9.17, 15) is 28.1 Å². The molecule has 3 aromatic carbocycles. The van der Waals surface area contributed by atoms with Crippen molar-refractivity contribution in [3.8, 4) is 0 Å². The molecule has 0 aliphatic carbocycles. The van der Waals surface area contributed by atoms with Crippen molar-refractivity contribution in [1.82, 2.24) is 0 Å². The van der Waals surface area contributed by atoms with Gasteiger partial charge in [-0.05, 0) is 36.4 Å². The maximum atomic E-state index is 13.0. The van der Waals surface area contributed by atoms with Gasteiger partial charge in [-0.25, -0.2) is 4.79 Å². The molecule has 6 nitrogen and oxygen atoms in total. The maximum Gasteiger partial charge on any atom is 0.416 e. The van der Waals surface area contributed by atoms with E-state index in [4.69, 9.17) is 0 Å². The van der Waals surface area contributed by atoms with Crippen LogP contribution in [0.2, 0.25) is 0 Å². The van der Waals surface area contributed by atoms with Crippen LogP contribution in [0, 0.1) is 10.1 Å². The van der Waals surface area contributed by atoms with Crippen molar-refractivity contribution in [3.63, 3.8) is 0 Å². The summed E-state index contributed by atoms with van der Waals surface area (Å²) in [6, 6.07) is 17.0. The highest BCUT2D eigenvalue weighted by atomic mass is 19.4. The molecule has 0 heterocycles. The number of anilines is 3. The number of carbonyl (C=O) groups is 1. The van der Waals surface area contributed by atoms with E-state index in [0.717, 1.165) is 23.1 Å². The Morgan fingerprint density at radius 3 is 2.24 bits per heavy atom. The largest absolute Gasteiger partial charge is 0.416 e. The molecule has 29 heavy (non-hydrogen) atoms. The van der Waals surface area contributed by atoms with Crippen LogP contribution in [0.5, 0.6) is 0 Å². The Morgan fingerprint density at radius 2 is 1.59 bits per heavy atom. The molecule has 9 heteroatoms. The summed E-state index contributed by atoms with van der Waals surface area (Å²) in [4.78, 5) is 24.8. The first kappa shape index (κ1) is 19.9. The fraction of sp³-hybridized carbons (Fsp3) is 0.0500. The smallest absolute Gasteiger partial charge is 0.307 e. The van der Waals surface area contributed by atoms with Crippen molar-refractivity contribution in [1.29, 1.82) is 0 Å². The van der Waals surface area contributed by atoms with E-state index in [-0.39, 0.29) is 17.1 Å². The number of nitro groups is 1. The van der Waals surface area contributed by atoms with Crippen LogP contribution < -0.4 is 10.2 Å². The Labute approximate surface area is 163 Å². The normalized spacial score (nSPS) is 11.0. The van der Waals surface area contributed by atoms with Crippen LogP contribution in [0.15, 0.2) is 78.9 Å². The molecule has 148 valence electrons. The number of amides is 2. The van der Waals surface area contributed by atoms with Crippen LogP contribution in [0.25, 0.3) is 0 Å². The van der Waals surface area contributed by atoms with Gasteiger partial charge >= 0.3 is 12.2 Å². The average molecular weight is 401 g/mol. The number of carbonyl (C=O) groups excluding carboxylic acids is 1. The SMILES string of the molecule is O=C(Nc1cccc(C(F)(F)F)c1)N(c1ccccc1)c1ccccc1[N+](=O)[O-]. The zero-order chi connectivity index (χ0) is 21.0. The number of halogens is 3. The molecule has 0 saturated heterocycles. The average Bonchev–Trinajstić information content (AvgIpc) is 2.69. The minimum atomic E-state index is -4.57. The molecule has 0 aliphatic heterocycles. The van der Waals surface area contributed by atoms with Gasteiger partial charge < -0.3 is 5.32 Å². The molecule has 0 spiro atoms. The van der Waals surface area contributed by atoms with Gasteiger partial charge in [0.15, 0.2) is 0 Å². The molecule has 0 aromatic heterocycles. The number of nitro benzene ring substituents is 1. The molecular formula is C20H14F3N3O3. The van der Waals surface area contributed by atoms with E-state index < -0.39 is 22.7 Å². The first-order valence-corrected chi connectivity index (χ1v) is 8.34. The van der Waals surface area contributed by atoms with Gasteiger partial charge in [-0.3, -0.25) is 15.0 Å². The molecule has 0 radical (unpaired) electrons. The number of rotatable bonds is 4. The number of para-hydroxylation sites is 3. The summed E-state index contributed by atoms with van der Waals surface area (Å²) >= 11 is 0. The zero-order valence-corrected chi connectivity index (χ0v) is 14.8. The molecule has 0 atom stereocenters. The van der Waals surface area contributed by atoms with E-state index in [1.807, 2.05) is 0 Å². The van der Waals surface area contributed by atoms with Crippen molar-refractivity contribution in [3.05, 3.63) is 94.5 Å². The van der Waals surface area contributed by atoms with Crippen LogP contribution in [0.1, 0.15) is 5.56 Å². The molecule has 0 aliphatic rings. The topological polar surface area (TPSA) is 75.5 Å². The van der Waals surface area contributed by atoms with Crippen LogP contribution in [-0.4, -0.2) is 11.0 Å². The first-order chi connectivity index (χ1) is 13.8. The predicted molar refractivity (Wildman–Crippen MR) is 102 cm³/mol. The molecule has 0 fully saturated rings. The molecule has 3 rings (SSSR count). The second kappa shape index (κ2) is 8.01. The molecule has 0 saturated carbocycles. The lowest BCUT2D eigenvalue weighted by Gasteiger charge is -2.23. The summed E-state index contributed by atoms with van der Waals surface area (Å²) in [5, 5.41) is 13.8. The second-order valence-electron chi connectivity index (χ2n) is 5.93. The first-order valence-electron chi connectivity index (χ1n) is 8.34. The van der Waals surface area contributed by atoms with Gasteiger partial charge in [0.05, 0.1) is 16.2 Å². The lowest BCUT2D eigenvalue weighted by atomic mass is 10.2. The third kappa shape index (κ3) is 4.52. The Morgan fingerprint density at radius 1 is 0.931 bits per heavy atom. The van der Waals surface area contributed by atoms with Crippen LogP contribution in [-0.2, 0) is 6.18 Å². The van der Waals surface area contributed by atoms with Gasteiger partial charge in [-0.15, -0.1) is 0 Å². The standard InChI is InChI=1S/C20H14F3N3O3/c21-20(22,23)14-7-6-8-15(13-14)24-19(27)25(16-9-2-1-3-10-16)17-11-4-5-12-18(17)26(28)29/h1-13H,(H,24,27). The monoisotopic (exact) mass is 401 g/mol. The minimum Gasteiger partial charge on any atom is -0.307 e. The maximum absolute atomic E-state index is 13.0. The van der Waals surface area contributed by atoms with Gasteiger partial charge in [-0.1, -0.05) is 36.4 Å². The molecular weight excluding hydrogens is 387 g/mol. The third-order valence-electron chi connectivity index (χ3n) is 3.98. The summed E-state index contributed by atoms with van der Waals surface area (Å²) in [5.41, 5.74) is -1.05. The van der Waals surface area contributed by atoms with Crippen molar-refractivity contribution >= 4 is 28.8 Å². The zero-order valence-electron chi connectivity index (χ0n) is 14.8. The Hall–Kier alpha value is -3.88. The van der Waals surface area contributed by atoms with Gasteiger partial charge in [0.1, 0.15) is 5.69 Å². The molecule has 0 bridgehead atoms. The molecule has 0 unspecified atom stereocenters. The third-order valence-corrected chi connectivity index (χ3v) is 3.98. The fourth-order valence-electron chi connectivity index (χ4n) is 2.70. The van der Waals surface area contributed by atoms with Gasteiger partial charge in [0.2, 0.25) is 0 Å². The molecule has 1 N–H and O–H groups in total. The Bertz CT molecular complexity index is 1040. The van der Waals surface area contributed by atoms with E-state index >= 15 is 0 Å². The Kier molecular flexibility index (Phi) is 5.49. The number of benzene rings is 3. The quantitative estimate of drug-likeness (QED) is 0.431. The van der Waals surface area contributed by atoms with Crippen molar-refractivity contribution in [2.75, 3.05) is 10.2 Å². The highest BCUT2D eigenvalue weighted by Crippen LogP contribution is 2.35. The molecule has 2 amide bonds. The van der Waals surface area contributed by atoms with Crippen LogP contribution in [0.3, 0.4) is 0 Å². The van der Waals surface area contributed by atoms with Crippen molar-refractivity contribution in [2.45, 2.75) is 6.18 Å². The number of alkyl halides is 3. The van der Waals surface area contributed by atoms with Crippen LogP contribution in [0.4, 0.5) is 40.7 Å². The number of nitrogens with zero attached hydrogens (tertiary/aromatic N) is 2.